The Hall–Kier alpha value is -3.99. The smallest absolute Gasteiger partial charge is 0.103 e. The molecule has 0 atom stereocenters. The normalized spacial score (nSPS) is 13.4. The molecule has 0 unspecified atom stereocenters. The summed E-state index contributed by atoms with van der Waals surface area (Å²) in [6.07, 6.45) is 8.29. The van der Waals surface area contributed by atoms with E-state index in [2.05, 4.69) is 52.8 Å². The number of rotatable bonds is 5. The number of hydrogen-bond acceptors (Lipinski definition) is 3. The van der Waals surface area contributed by atoms with Gasteiger partial charge in [0.15, 0.2) is 0 Å². The lowest BCUT2D eigenvalue weighted by Crippen LogP contribution is -2.02. The van der Waals surface area contributed by atoms with Crippen LogP contribution in [-0.4, -0.2) is 25.3 Å². The van der Waals surface area contributed by atoms with Crippen LogP contribution < -0.4 is 0 Å². The zero-order chi connectivity index (χ0) is 20.6. The molecule has 0 saturated heterocycles. The fourth-order valence-electron chi connectivity index (χ4n) is 3.88. The van der Waals surface area contributed by atoms with Gasteiger partial charge in [-0.25, -0.2) is 9.67 Å². The molecule has 1 aliphatic carbocycles. The number of nitrogens with zero attached hydrogens (tertiary/aromatic N) is 5. The summed E-state index contributed by atoms with van der Waals surface area (Å²) in [5.41, 5.74) is 6.03. The summed E-state index contributed by atoms with van der Waals surface area (Å²) >= 11 is 0. The molecule has 0 N–H and O–H groups in total. The lowest BCUT2D eigenvalue weighted by Gasteiger charge is -2.08. The predicted molar refractivity (Wildman–Crippen MR) is 123 cm³/mol. The molecule has 5 nitrogen and oxygen atoms in total. The third kappa shape index (κ3) is 3.44. The first-order valence-electron chi connectivity index (χ1n) is 10.6. The van der Waals surface area contributed by atoms with Gasteiger partial charge in [0, 0.05) is 16.5 Å². The first-order chi connectivity index (χ1) is 15.3. The van der Waals surface area contributed by atoms with Crippen molar-refractivity contribution in [1.82, 2.24) is 19.6 Å². The van der Waals surface area contributed by atoms with Crippen molar-refractivity contribution in [2.24, 2.45) is 4.99 Å². The van der Waals surface area contributed by atoms with E-state index in [1.807, 2.05) is 64.2 Å². The maximum Gasteiger partial charge on any atom is 0.103 e. The zero-order valence-electron chi connectivity index (χ0n) is 17.0. The highest BCUT2D eigenvalue weighted by atomic mass is 15.3. The van der Waals surface area contributed by atoms with Gasteiger partial charge < -0.3 is 0 Å². The molecule has 6 rings (SSSR count). The van der Waals surface area contributed by atoms with Gasteiger partial charge in [0.2, 0.25) is 0 Å². The van der Waals surface area contributed by atoms with E-state index in [4.69, 9.17) is 4.99 Å². The second-order valence-corrected chi connectivity index (χ2v) is 7.90. The first-order valence-corrected chi connectivity index (χ1v) is 10.6. The maximum absolute atomic E-state index is 5.06. The van der Waals surface area contributed by atoms with Gasteiger partial charge in [0.1, 0.15) is 5.69 Å². The first kappa shape index (κ1) is 17.8. The molecule has 150 valence electrons. The van der Waals surface area contributed by atoms with Gasteiger partial charge in [-0.15, -0.1) is 0 Å². The summed E-state index contributed by atoms with van der Waals surface area (Å²) in [6.45, 7) is 0. The molecular weight excluding hydrogens is 382 g/mol. The molecule has 5 heteroatoms. The van der Waals surface area contributed by atoms with Crippen molar-refractivity contribution in [3.05, 3.63) is 109 Å². The molecule has 0 spiro atoms. The van der Waals surface area contributed by atoms with Gasteiger partial charge in [0.25, 0.3) is 0 Å². The van der Waals surface area contributed by atoms with E-state index in [0.717, 1.165) is 39.1 Å². The van der Waals surface area contributed by atoms with Crippen LogP contribution in [0.15, 0.2) is 102 Å². The molecule has 1 fully saturated rings. The van der Waals surface area contributed by atoms with Crippen LogP contribution >= 0.6 is 0 Å². The van der Waals surface area contributed by atoms with Crippen molar-refractivity contribution in [2.45, 2.75) is 18.9 Å². The Bertz CT molecular complexity index is 1330. The third-order valence-electron chi connectivity index (χ3n) is 5.64. The van der Waals surface area contributed by atoms with E-state index in [0.29, 0.717) is 6.04 Å². The Balaban J connectivity index is 1.46. The Morgan fingerprint density at radius 3 is 2.19 bits per heavy atom. The second kappa shape index (κ2) is 7.36. The minimum atomic E-state index is 0.551. The molecule has 0 radical (unpaired) electrons. The van der Waals surface area contributed by atoms with E-state index in [-0.39, 0.29) is 0 Å². The molecule has 1 aliphatic rings. The molecule has 1 saturated carbocycles. The van der Waals surface area contributed by atoms with Crippen molar-refractivity contribution in [3.8, 4) is 5.69 Å². The van der Waals surface area contributed by atoms with Gasteiger partial charge in [-0.3, -0.25) is 4.68 Å². The second-order valence-electron chi connectivity index (χ2n) is 7.90. The van der Waals surface area contributed by atoms with Gasteiger partial charge in [0.05, 0.1) is 41.5 Å². The van der Waals surface area contributed by atoms with Crippen molar-refractivity contribution < 1.29 is 0 Å². The average Bonchev–Trinajstić information content (AvgIpc) is 3.41. The fourth-order valence-corrected chi connectivity index (χ4v) is 3.88. The number of aliphatic imine (C=N–C) groups is 1. The minimum Gasteiger partial charge on any atom is -0.267 e. The highest BCUT2D eigenvalue weighted by Gasteiger charge is 2.24. The van der Waals surface area contributed by atoms with Crippen LogP contribution in [0.2, 0.25) is 0 Å². The summed E-state index contributed by atoms with van der Waals surface area (Å²) < 4.78 is 4.00. The quantitative estimate of drug-likeness (QED) is 0.352. The summed E-state index contributed by atoms with van der Waals surface area (Å²) in [5, 5.41) is 10.2. The van der Waals surface area contributed by atoms with Gasteiger partial charge in [-0.2, -0.15) is 10.2 Å². The van der Waals surface area contributed by atoms with E-state index in [9.17, 15) is 0 Å². The highest BCUT2D eigenvalue weighted by molar-refractivity contribution is 6.14. The Morgan fingerprint density at radius 1 is 0.806 bits per heavy atom. The summed E-state index contributed by atoms with van der Waals surface area (Å²) in [7, 11) is 0. The predicted octanol–water partition coefficient (Wildman–Crippen LogP) is 5.73. The molecule has 5 aromatic rings. The van der Waals surface area contributed by atoms with Gasteiger partial charge in [-0.05, 0) is 31.0 Å². The standard InChI is InChI=1S/C26H21N5/c1-3-7-19(8-4-1)26(20-9-5-2-6-10-20)29-22-12-11-21-16-28-31(25(21)15-22)24-17-27-30(18-24)23-13-14-23/h1-12,15-18,23H,13-14H2. The lowest BCUT2D eigenvalue weighted by molar-refractivity contribution is 0.641. The van der Waals surface area contributed by atoms with Gasteiger partial charge in [-0.1, -0.05) is 60.7 Å². The Morgan fingerprint density at radius 2 is 1.52 bits per heavy atom. The van der Waals surface area contributed by atoms with E-state index in [1.54, 1.807) is 0 Å². The largest absolute Gasteiger partial charge is 0.267 e. The van der Waals surface area contributed by atoms with Crippen LogP contribution in [0.4, 0.5) is 5.69 Å². The van der Waals surface area contributed by atoms with Crippen LogP contribution in [0, 0.1) is 0 Å². The van der Waals surface area contributed by atoms with Crippen molar-refractivity contribution in [3.63, 3.8) is 0 Å². The lowest BCUT2D eigenvalue weighted by atomic mass is 10.0. The van der Waals surface area contributed by atoms with Crippen LogP contribution in [0.3, 0.4) is 0 Å². The molecular formula is C26H21N5. The van der Waals surface area contributed by atoms with E-state index < -0.39 is 0 Å². The SMILES string of the molecule is c1ccc(C(=Nc2ccc3cnn(-c4cnn(C5CC5)c4)c3c2)c2ccccc2)cc1. The Kier molecular flexibility index (Phi) is 4.24. The highest BCUT2D eigenvalue weighted by Crippen LogP contribution is 2.34. The number of benzene rings is 3. The third-order valence-corrected chi connectivity index (χ3v) is 5.64. The van der Waals surface area contributed by atoms with Crippen LogP contribution in [0.25, 0.3) is 16.6 Å². The van der Waals surface area contributed by atoms with Gasteiger partial charge >= 0.3 is 0 Å². The molecule has 0 amide bonds. The molecule has 0 bridgehead atoms. The molecule has 0 aliphatic heterocycles. The maximum atomic E-state index is 5.06. The molecule has 3 aromatic carbocycles. The van der Waals surface area contributed by atoms with E-state index >= 15 is 0 Å². The summed E-state index contributed by atoms with van der Waals surface area (Å²) in [4.78, 5) is 5.06. The van der Waals surface area contributed by atoms with Crippen LogP contribution in [-0.2, 0) is 0 Å². The average molecular weight is 403 g/mol. The molecule has 2 heterocycles. The summed E-state index contributed by atoms with van der Waals surface area (Å²) in [5.74, 6) is 0. The van der Waals surface area contributed by atoms with E-state index in [1.165, 1.54) is 12.8 Å². The number of hydrogen-bond donors (Lipinski definition) is 0. The van der Waals surface area contributed by atoms with Crippen LogP contribution in [0.1, 0.15) is 30.0 Å². The number of fused-ring (bicyclic) bond motifs is 1. The topological polar surface area (TPSA) is 48.0 Å². The van der Waals surface area contributed by atoms with Crippen molar-refractivity contribution in [2.75, 3.05) is 0 Å². The van der Waals surface area contributed by atoms with Crippen LogP contribution in [0.5, 0.6) is 0 Å². The fraction of sp³-hybridized carbons (Fsp3) is 0.115. The number of aromatic nitrogens is 4. The molecule has 31 heavy (non-hydrogen) atoms. The Labute approximate surface area is 180 Å². The minimum absolute atomic E-state index is 0.551. The summed E-state index contributed by atoms with van der Waals surface area (Å²) in [6, 6.07) is 27.4. The van der Waals surface area contributed by atoms with Crippen molar-refractivity contribution in [1.29, 1.82) is 0 Å². The monoisotopic (exact) mass is 403 g/mol. The zero-order valence-corrected chi connectivity index (χ0v) is 17.0. The van der Waals surface area contributed by atoms with Crippen molar-refractivity contribution >= 4 is 22.3 Å². The molecule has 2 aromatic heterocycles.